The maximum atomic E-state index is 14.1. The molecule has 0 spiro atoms. The first-order valence-corrected chi connectivity index (χ1v) is 9.25. The summed E-state index contributed by atoms with van der Waals surface area (Å²) in [5.74, 6) is -0.409. The normalized spacial score (nSPS) is 25.7. The zero-order chi connectivity index (χ0) is 15.6. The Morgan fingerprint density at radius 3 is 2.48 bits per heavy atom. The predicted molar refractivity (Wildman–Crippen MR) is 87.8 cm³/mol. The van der Waals surface area contributed by atoms with E-state index in [1.165, 1.54) is 19.2 Å². The van der Waals surface area contributed by atoms with Gasteiger partial charge in [0.05, 0.1) is 12.7 Å². The largest absolute Gasteiger partial charge is 0.497 e. The van der Waals surface area contributed by atoms with Crippen molar-refractivity contribution in [3.63, 3.8) is 0 Å². The molecule has 1 heterocycles. The highest BCUT2D eigenvalue weighted by Gasteiger charge is 2.34. The van der Waals surface area contributed by atoms with Crippen molar-refractivity contribution in [3.05, 3.63) is 29.6 Å². The van der Waals surface area contributed by atoms with Crippen LogP contribution in [0.15, 0.2) is 18.2 Å². The van der Waals surface area contributed by atoms with Gasteiger partial charge in [0.2, 0.25) is 0 Å². The molecule has 0 unspecified atom stereocenters. The summed E-state index contributed by atoms with van der Waals surface area (Å²) in [6.45, 7) is 3.97. The zero-order valence-corrected chi connectivity index (χ0v) is 14.6. The lowest BCUT2D eigenvalue weighted by molar-refractivity contribution is 0.0520. The van der Waals surface area contributed by atoms with Gasteiger partial charge in [-0.3, -0.25) is 8.36 Å². The van der Waals surface area contributed by atoms with Crippen molar-refractivity contribution >= 4 is 26.9 Å². The lowest BCUT2D eigenvalue weighted by Crippen LogP contribution is -2.50. The molecule has 1 aromatic rings. The first-order chi connectivity index (χ1) is 9.97. The van der Waals surface area contributed by atoms with Crippen LogP contribution in [0.3, 0.4) is 0 Å². The average Bonchev–Trinajstić information content (AvgIpc) is 2.45. The monoisotopic (exact) mass is 406 g/mol. The van der Waals surface area contributed by atoms with Crippen LogP contribution in [0.2, 0.25) is 0 Å². The third kappa shape index (κ3) is 3.41. The Labute approximate surface area is 134 Å². The molecule has 1 fully saturated rings. The number of hydrogen-bond acceptors (Lipinski definition) is 3. The molecule has 2 rings (SSSR count). The van der Waals surface area contributed by atoms with Crippen LogP contribution < -0.4 is 4.74 Å². The molecule has 1 aliphatic heterocycles. The fraction of sp³-hybridized carbons (Fsp3) is 0.533. The standard InChI is InChI=1S/C15H20FIN2O2/c1-9-6-11(17-18)7-10(2)19(9)15(20)13-5-4-12(21-3)8-14(13)16/h4-5,8-11,18H,6-7H2,1-3H3/t9-,10-/m1/s1. The summed E-state index contributed by atoms with van der Waals surface area (Å²) in [7, 11) is 1.47. The average molecular weight is 406 g/mol. The van der Waals surface area contributed by atoms with Crippen molar-refractivity contribution in [2.45, 2.75) is 42.7 Å². The van der Waals surface area contributed by atoms with Gasteiger partial charge >= 0.3 is 0 Å². The maximum absolute atomic E-state index is 14.1. The summed E-state index contributed by atoms with van der Waals surface area (Å²) in [5.41, 5.74) is 0.0912. The van der Waals surface area contributed by atoms with E-state index in [0.29, 0.717) is 9.67 Å². The van der Waals surface area contributed by atoms with Crippen LogP contribution in [-0.2, 0) is 0 Å². The number of carbonyl (C=O) groups excluding carboxylic acids is 1. The van der Waals surface area contributed by atoms with E-state index in [-0.39, 0.29) is 23.6 Å². The summed E-state index contributed by atoms with van der Waals surface area (Å²) in [6, 6.07) is 4.44. The van der Waals surface area contributed by atoms with Gasteiger partial charge in [-0.2, -0.15) is 0 Å². The van der Waals surface area contributed by atoms with Crippen molar-refractivity contribution in [2.24, 2.45) is 0 Å². The van der Waals surface area contributed by atoms with Crippen LogP contribution in [0.4, 0.5) is 4.39 Å². The number of halogens is 2. The molecule has 1 saturated heterocycles. The number of rotatable bonds is 3. The Morgan fingerprint density at radius 1 is 1.38 bits per heavy atom. The summed E-state index contributed by atoms with van der Waals surface area (Å²) in [5, 5.41) is 0. The number of hydrogen-bond donors (Lipinski definition) is 1. The van der Waals surface area contributed by atoms with Gasteiger partial charge in [-0.25, -0.2) is 4.39 Å². The van der Waals surface area contributed by atoms with Crippen molar-refractivity contribution in [3.8, 4) is 5.75 Å². The first kappa shape index (κ1) is 16.3. The summed E-state index contributed by atoms with van der Waals surface area (Å²) in [4.78, 5) is 14.4. The Hall–Kier alpha value is -1.05. The van der Waals surface area contributed by atoms with Gasteiger partial charge in [-0.15, -0.1) is 0 Å². The Bertz CT molecular complexity index is 540. The maximum Gasteiger partial charge on any atom is 0.257 e. The number of ether oxygens (including phenoxy) is 1. The van der Waals surface area contributed by atoms with E-state index in [1.54, 1.807) is 11.0 Å². The number of amides is 1. The van der Waals surface area contributed by atoms with E-state index < -0.39 is 26.9 Å². The lowest BCUT2D eigenvalue weighted by atomic mass is 9.96. The topological polar surface area (TPSA) is 53.4 Å². The number of nitrogens with zero attached hydrogens (tertiary/aromatic N) is 1. The first-order valence-electron chi connectivity index (χ1n) is 6.93. The van der Waals surface area contributed by atoms with E-state index in [4.69, 9.17) is 8.30 Å². The fourth-order valence-electron chi connectivity index (χ4n) is 2.92. The number of piperidine rings is 1. The zero-order valence-electron chi connectivity index (χ0n) is 12.4. The van der Waals surface area contributed by atoms with Gasteiger partial charge in [-0.1, -0.05) is 0 Å². The molecule has 1 aromatic carbocycles. The summed E-state index contributed by atoms with van der Waals surface area (Å²) < 4.78 is 27.1. The minimum atomic E-state index is -0.554. The van der Waals surface area contributed by atoms with Crippen molar-refractivity contribution in [2.75, 3.05) is 7.11 Å². The van der Waals surface area contributed by atoms with Gasteiger partial charge < -0.3 is 9.64 Å². The van der Waals surface area contributed by atoms with Crippen molar-refractivity contribution in [1.29, 1.82) is 3.56 Å². The second-order valence-corrected chi connectivity index (χ2v) is 7.82. The number of methoxy groups -OCH3 is 1. The number of carbonyl (C=O) groups is 1. The third-order valence-electron chi connectivity index (χ3n) is 3.94. The molecule has 1 aliphatic rings. The number of benzene rings is 1. The molecule has 0 saturated carbocycles. The molecular weight excluding hydrogens is 386 g/mol. The van der Waals surface area contributed by atoms with E-state index in [0.717, 1.165) is 12.8 Å². The summed E-state index contributed by atoms with van der Waals surface area (Å²) >= 11 is -0.554. The molecule has 2 atom stereocenters. The van der Waals surface area contributed by atoms with Crippen LogP contribution >= 0.6 is 21.0 Å². The Balaban J connectivity index is 2.25. The van der Waals surface area contributed by atoms with Gasteiger partial charge in [0, 0.05) is 22.1 Å². The van der Waals surface area contributed by atoms with E-state index >= 15 is 0 Å². The molecule has 1 N–H and O–H groups in total. The molecule has 0 aliphatic carbocycles. The van der Waals surface area contributed by atoms with Crippen molar-refractivity contribution < 1.29 is 13.9 Å². The van der Waals surface area contributed by atoms with Crippen LogP contribution in [0.5, 0.6) is 5.75 Å². The smallest absolute Gasteiger partial charge is 0.257 e. The molecule has 0 radical (unpaired) electrons. The quantitative estimate of drug-likeness (QED) is 0.611. The molecular formula is C15H20FIN2O2. The Kier molecular flexibility index (Phi) is 5.29. The highest BCUT2D eigenvalue weighted by Crippen LogP contribution is 2.32. The molecule has 0 bridgehead atoms. The van der Waals surface area contributed by atoms with Crippen molar-refractivity contribution in [1.82, 2.24) is 4.90 Å². The molecule has 1 amide bonds. The fourth-order valence-corrected chi connectivity index (χ4v) is 4.90. The number of nitrogens with one attached hydrogen (secondary N) is 1. The number of likely N-dealkylation sites (tertiary alicyclic amines) is 1. The SMILES string of the molecule is COc1ccc(C(=O)N2[C@H](C)CC(I=N)C[C@H]2C)c(F)c1. The second-order valence-electron chi connectivity index (χ2n) is 5.43. The Morgan fingerprint density at radius 2 is 2.00 bits per heavy atom. The molecule has 116 valence electrons. The van der Waals surface area contributed by atoms with E-state index in [9.17, 15) is 9.18 Å². The number of alkyl halides is 1. The molecule has 21 heavy (non-hydrogen) atoms. The molecule has 4 nitrogen and oxygen atoms in total. The van der Waals surface area contributed by atoms with Crippen LogP contribution in [0.1, 0.15) is 37.0 Å². The van der Waals surface area contributed by atoms with E-state index in [1.807, 2.05) is 13.8 Å². The van der Waals surface area contributed by atoms with Gasteiger partial charge in [0.1, 0.15) is 11.6 Å². The molecule has 0 aromatic heterocycles. The van der Waals surface area contributed by atoms with Gasteiger partial charge in [0.25, 0.3) is 5.91 Å². The van der Waals surface area contributed by atoms with Crippen LogP contribution in [0.25, 0.3) is 0 Å². The van der Waals surface area contributed by atoms with Gasteiger partial charge in [-0.05, 0) is 59.9 Å². The lowest BCUT2D eigenvalue weighted by Gasteiger charge is -2.41. The minimum absolute atomic E-state index is 0.0535. The highest BCUT2D eigenvalue weighted by molar-refractivity contribution is 14.1. The predicted octanol–water partition coefficient (Wildman–Crippen LogP) is 3.95. The van der Waals surface area contributed by atoms with Gasteiger partial charge in [0.15, 0.2) is 0 Å². The third-order valence-corrected chi connectivity index (χ3v) is 5.84. The highest BCUT2D eigenvalue weighted by atomic mass is 127. The minimum Gasteiger partial charge on any atom is -0.497 e. The summed E-state index contributed by atoms with van der Waals surface area (Å²) in [6.07, 6.45) is 1.70. The van der Waals surface area contributed by atoms with E-state index in [2.05, 4.69) is 0 Å². The second kappa shape index (κ2) is 6.81. The van der Waals surface area contributed by atoms with Crippen LogP contribution in [-0.4, -0.2) is 33.9 Å². The molecule has 6 heteroatoms. The van der Waals surface area contributed by atoms with Crippen LogP contribution in [0, 0.1) is 9.38 Å².